The number of amides is 1. The van der Waals surface area contributed by atoms with Crippen LogP contribution in [0.2, 0.25) is 0 Å². The Kier molecular flexibility index (Phi) is 3.66. The van der Waals surface area contributed by atoms with Crippen LogP contribution in [0.3, 0.4) is 0 Å². The molecule has 5 nitrogen and oxygen atoms in total. The van der Waals surface area contributed by atoms with Gasteiger partial charge in [0.25, 0.3) is 5.91 Å². The van der Waals surface area contributed by atoms with Gasteiger partial charge in [-0.15, -0.1) is 0 Å². The summed E-state index contributed by atoms with van der Waals surface area (Å²) in [5, 5.41) is 19.7. The number of aromatic nitrogens is 2. The van der Waals surface area contributed by atoms with Crippen molar-refractivity contribution in [1.82, 2.24) is 15.5 Å². The van der Waals surface area contributed by atoms with Crippen LogP contribution in [0, 0.1) is 0 Å². The van der Waals surface area contributed by atoms with E-state index in [4.69, 9.17) is 5.11 Å². The zero-order valence-corrected chi connectivity index (χ0v) is 11.3. The number of hydrogen-bond acceptors (Lipinski definition) is 3. The summed E-state index contributed by atoms with van der Waals surface area (Å²) in [5.74, 6) is -0.132. The third kappa shape index (κ3) is 2.93. The Morgan fingerprint density at radius 3 is 2.90 bits per heavy atom. The van der Waals surface area contributed by atoms with Gasteiger partial charge in [0, 0.05) is 17.5 Å². The molecule has 0 unspecified atom stereocenters. The second-order valence-corrected chi connectivity index (χ2v) is 4.83. The van der Waals surface area contributed by atoms with Crippen molar-refractivity contribution in [3.63, 3.8) is 0 Å². The van der Waals surface area contributed by atoms with Crippen LogP contribution in [0.1, 0.15) is 21.5 Å². The summed E-state index contributed by atoms with van der Waals surface area (Å²) in [6, 6.07) is 12.9. The summed E-state index contributed by atoms with van der Waals surface area (Å²) < 4.78 is 0. The summed E-state index contributed by atoms with van der Waals surface area (Å²) in [4.78, 5) is 12.1. The van der Waals surface area contributed by atoms with Crippen LogP contribution < -0.4 is 5.32 Å². The van der Waals surface area contributed by atoms with Crippen molar-refractivity contribution in [3.8, 4) is 0 Å². The Morgan fingerprint density at radius 2 is 2.05 bits per heavy atom. The number of carbonyl (C=O) groups is 1. The summed E-state index contributed by atoms with van der Waals surface area (Å²) >= 11 is 0. The molecule has 3 aromatic rings. The molecule has 0 aliphatic heterocycles. The number of fused-ring (bicyclic) bond motifs is 1. The van der Waals surface area contributed by atoms with Crippen LogP contribution in [0.4, 0.5) is 0 Å². The molecule has 5 heteroatoms. The minimum Gasteiger partial charge on any atom is -0.392 e. The van der Waals surface area contributed by atoms with Gasteiger partial charge in [0.2, 0.25) is 0 Å². The van der Waals surface area contributed by atoms with Crippen molar-refractivity contribution < 1.29 is 9.90 Å². The van der Waals surface area contributed by atoms with E-state index in [1.807, 2.05) is 30.3 Å². The highest BCUT2D eigenvalue weighted by atomic mass is 16.3. The van der Waals surface area contributed by atoms with E-state index in [9.17, 15) is 4.79 Å². The predicted octanol–water partition coefficient (Wildman–Crippen LogP) is 1.99. The maximum atomic E-state index is 12.1. The molecule has 0 spiro atoms. The first-order chi connectivity index (χ1) is 10.3. The summed E-state index contributed by atoms with van der Waals surface area (Å²) in [6.07, 6.45) is 1.69. The lowest BCUT2D eigenvalue weighted by atomic mass is 10.1. The van der Waals surface area contributed by atoms with Gasteiger partial charge in [-0.25, -0.2) is 0 Å². The number of nitrogens with one attached hydrogen (secondary N) is 2. The zero-order valence-electron chi connectivity index (χ0n) is 11.3. The van der Waals surface area contributed by atoms with Crippen LogP contribution >= 0.6 is 0 Å². The Bertz CT molecular complexity index is 780. The number of aliphatic hydroxyl groups excluding tert-OH is 1. The average Bonchev–Trinajstić information content (AvgIpc) is 3.00. The predicted molar refractivity (Wildman–Crippen MR) is 79.6 cm³/mol. The SMILES string of the molecule is O=C(NCc1cccc(CO)c1)c1ccc2[nH]ncc2c1. The molecule has 0 atom stereocenters. The van der Waals surface area contributed by atoms with Crippen molar-refractivity contribution in [2.24, 2.45) is 0 Å². The molecular formula is C16H15N3O2. The molecule has 2 aromatic carbocycles. The van der Waals surface area contributed by atoms with Crippen LogP contribution in [0.25, 0.3) is 10.9 Å². The molecule has 21 heavy (non-hydrogen) atoms. The number of nitrogens with zero attached hydrogens (tertiary/aromatic N) is 1. The lowest BCUT2D eigenvalue weighted by molar-refractivity contribution is 0.0951. The van der Waals surface area contributed by atoms with Gasteiger partial charge in [0.15, 0.2) is 0 Å². The van der Waals surface area contributed by atoms with Gasteiger partial charge in [-0.05, 0) is 29.3 Å². The molecular weight excluding hydrogens is 266 g/mol. The fraction of sp³-hybridized carbons (Fsp3) is 0.125. The van der Waals surface area contributed by atoms with E-state index in [1.54, 1.807) is 18.3 Å². The van der Waals surface area contributed by atoms with E-state index in [1.165, 1.54) is 0 Å². The maximum absolute atomic E-state index is 12.1. The Hall–Kier alpha value is -2.66. The van der Waals surface area contributed by atoms with E-state index < -0.39 is 0 Å². The summed E-state index contributed by atoms with van der Waals surface area (Å²) in [6.45, 7) is 0.426. The molecule has 0 fully saturated rings. The Balaban J connectivity index is 1.70. The van der Waals surface area contributed by atoms with Gasteiger partial charge in [-0.1, -0.05) is 24.3 Å². The topological polar surface area (TPSA) is 78.0 Å². The number of hydrogen-bond donors (Lipinski definition) is 3. The molecule has 3 N–H and O–H groups in total. The lowest BCUT2D eigenvalue weighted by Crippen LogP contribution is -2.22. The molecule has 0 radical (unpaired) electrons. The number of benzene rings is 2. The Labute approximate surface area is 121 Å². The first kappa shape index (κ1) is 13.3. The van der Waals surface area contributed by atoms with E-state index in [2.05, 4.69) is 15.5 Å². The maximum Gasteiger partial charge on any atom is 0.251 e. The normalized spacial score (nSPS) is 10.7. The van der Waals surface area contributed by atoms with Crippen LogP contribution in [0.15, 0.2) is 48.7 Å². The van der Waals surface area contributed by atoms with Gasteiger partial charge < -0.3 is 10.4 Å². The monoisotopic (exact) mass is 281 g/mol. The van der Waals surface area contributed by atoms with Gasteiger partial charge >= 0.3 is 0 Å². The smallest absolute Gasteiger partial charge is 0.251 e. The van der Waals surface area contributed by atoms with Crippen LogP contribution in [-0.2, 0) is 13.2 Å². The third-order valence-corrected chi connectivity index (χ3v) is 3.33. The molecule has 0 bridgehead atoms. The third-order valence-electron chi connectivity index (χ3n) is 3.33. The second-order valence-electron chi connectivity index (χ2n) is 4.83. The van der Waals surface area contributed by atoms with Crippen molar-refractivity contribution in [2.75, 3.05) is 0 Å². The highest BCUT2D eigenvalue weighted by Gasteiger charge is 2.07. The van der Waals surface area contributed by atoms with Crippen molar-refractivity contribution >= 4 is 16.8 Å². The quantitative estimate of drug-likeness (QED) is 0.684. The van der Waals surface area contributed by atoms with Crippen molar-refractivity contribution in [3.05, 3.63) is 65.4 Å². The van der Waals surface area contributed by atoms with Crippen molar-refractivity contribution in [2.45, 2.75) is 13.2 Å². The number of H-pyrrole nitrogens is 1. The van der Waals surface area contributed by atoms with Crippen molar-refractivity contribution in [1.29, 1.82) is 0 Å². The average molecular weight is 281 g/mol. The van der Waals surface area contributed by atoms with Gasteiger partial charge in [-0.3, -0.25) is 9.89 Å². The molecule has 0 aliphatic carbocycles. The minimum atomic E-state index is -0.132. The zero-order chi connectivity index (χ0) is 14.7. The second kappa shape index (κ2) is 5.76. The number of aliphatic hydroxyl groups is 1. The highest BCUT2D eigenvalue weighted by molar-refractivity contribution is 5.97. The number of rotatable bonds is 4. The molecule has 0 aliphatic rings. The first-order valence-electron chi connectivity index (χ1n) is 6.66. The van der Waals surface area contributed by atoms with E-state index in [-0.39, 0.29) is 12.5 Å². The number of carbonyl (C=O) groups excluding carboxylic acids is 1. The molecule has 106 valence electrons. The number of aromatic amines is 1. The van der Waals surface area contributed by atoms with Gasteiger partial charge in [0.05, 0.1) is 18.3 Å². The summed E-state index contributed by atoms with van der Waals surface area (Å²) in [7, 11) is 0. The lowest BCUT2D eigenvalue weighted by Gasteiger charge is -2.07. The first-order valence-corrected chi connectivity index (χ1v) is 6.66. The summed E-state index contributed by atoms with van der Waals surface area (Å²) in [5.41, 5.74) is 3.30. The largest absolute Gasteiger partial charge is 0.392 e. The molecule has 1 heterocycles. The molecule has 0 saturated carbocycles. The minimum absolute atomic E-state index is 0.00105. The highest BCUT2D eigenvalue weighted by Crippen LogP contribution is 2.13. The van der Waals surface area contributed by atoms with Gasteiger partial charge in [0.1, 0.15) is 0 Å². The molecule has 1 aromatic heterocycles. The molecule has 1 amide bonds. The van der Waals surface area contributed by atoms with Crippen LogP contribution in [0.5, 0.6) is 0 Å². The van der Waals surface area contributed by atoms with Gasteiger partial charge in [-0.2, -0.15) is 5.10 Å². The van der Waals surface area contributed by atoms with E-state index >= 15 is 0 Å². The van der Waals surface area contributed by atoms with E-state index in [0.29, 0.717) is 12.1 Å². The fourth-order valence-corrected chi connectivity index (χ4v) is 2.21. The molecule has 3 rings (SSSR count). The molecule has 0 saturated heterocycles. The fourth-order valence-electron chi connectivity index (χ4n) is 2.21. The van der Waals surface area contributed by atoms with E-state index in [0.717, 1.165) is 22.0 Å². The van der Waals surface area contributed by atoms with Crippen LogP contribution in [-0.4, -0.2) is 21.2 Å². The standard InChI is InChI=1S/C16H15N3O2/c20-10-12-3-1-2-11(6-12)8-17-16(21)13-4-5-15-14(7-13)9-18-19-15/h1-7,9,20H,8,10H2,(H,17,21)(H,18,19). The Morgan fingerprint density at radius 1 is 1.19 bits per heavy atom.